The first-order chi connectivity index (χ1) is 9.42. The molecule has 0 aliphatic rings. The molecule has 0 atom stereocenters. The van der Waals surface area contributed by atoms with Gasteiger partial charge in [-0.25, -0.2) is 13.6 Å². The van der Waals surface area contributed by atoms with Crippen LogP contribution < -0.4 is 14.6 Å². The van der Waals surface area contributed by atoms with Crippen molar-refractivity contribution >= 4 is 10.0 Å². The summed E-state index contributed by atoms with van der Waals surface area (Å²) in [5.41, 5.74) is 1.12. The van der Waals surface area contributed by atoms with E-state index in [1.807, 2.05) is 25.1 Å². The van der Waals surface area contributed by atoms with Gasteiger partial charge in [0.25, 0.3) is 0 Å². The minimum atomic E-state index is -3.32. The van der Waals surface area contributed by atoms with Crippen molar-refractivity contribution in [3.8, 4) is 11.5 Å². The summed E-state index contributed by atoms with van der Waals surface area (Å²) in [7, 11) is -1.70. The highest BCUT2D eigenvalue weighted by Crippen LogP contribution is 2.27. The van der Waals surface area contributed by atoms with Gasteiger partial charge in [-0.2, -0.15) is 0 Å². The predicted octanol–water partition coefficient (Wildman–Crippen LogP) is 2.23. The molecule has 1 aromatic carbocycles. The van der Waals surface area contributed by atoms with Gasteiger partial charge in [0, 0.05) is 0 Å². The summed E-state index contributed by atoms with van der Waals surface area (Å²) in [5.74, 6) is 1.53. The zero-order valence-electron chi connectivity index (χ0n) is 12.1. The SMILES string of the molecule is COc1cc(C)ccc1OCCCCCCS(N)(=O)=O. The second kappa shape index (κ2) is 8.11. The van der Waals surface area contributed by atoms with Gasteiger partial charge in [-0.05, 0) is 37.5 Å². The molecule has 0 amide bonds. The standard InChI is InChI=1S/C14H23NO4S/c1-12-7-8-13(14(11-12)18-2)19-9-5-3-4-6-10-20(15,16)17/h7-8,11H,3-6,9-10H2,1-2H3,(H2,15,16,17). The van der Waals surface area contributed by atoms with E-state index in [-0.39, 0.29) is 5.75 Å². The molecular weight excluding hydrogens is 278 g/mol. The first-order valence-corrected chi connectivity index (χ1v) is 8.42. The Kier molecular flexibility index (Phi) is 6.81. The van der Waals surface area contributed by atoms with Crippen LogP contribution in [0.25, 0.3) is 0 Å². The molecule has 0 aliphatic carbocycles. The highest BCUT2D eigenvalue weighted by Gasteiger charge is 2.04. The lowest BCUT2D eigenvalue weighted by Gasteiger charge is -2.11. The number of rotatable bonds is 9. The summed E-state index contributed by atoms with van der Waals surface area (Å²) in [6.07, 6.45) is 3.24. The van der Waals surface area contributed by atoms with Crippen LogP contribution in [0.1, 0.15) is 31.2 Å². The maximum Gasteiger partial charge on any atom is 0.209 e. The van der Waals surface area contributed by atoms with Crippen LogP contribution in [-0.2, 0) is 10.0 Å². The Balaban J connectivity index is 2.21. The summed E-state index contributed by atoms with van der Waals surface area (Å²) in [6, 6.07) is 5.81. The molecular formula is C14H23NO4S. The van der Waals surface area contributed by atoms with Gasteiger partial charge in [0.2, 0.25) is 10.0 Å². The maximum absolute atomic E-state index is 10.7. The van der Waals surface area contributed by atoms with Crippen molar-refractivity contribution in [1.82, 2.24) is 0 Å². The summed E-state index contributed by atoms with van der Waals surface area (Å²) < 4.78 is 32.4. The maximum atomic E-state index is 10.7. The van der Waals surface area contributed by atoms with Crippen molar-refractivity contribution in [2.45, 2.75) is 32.6 Å². The van der Waals surface area contributed by atoms with E-state index in [0.29, 0.717) is 13.0 Å². The molecule has 2 N–H and O–H groups in total. The van der Waals surface area contributed by atoms with Gasteiger partial charge in [0.1, 0.15) is 0 Å². The molecule has 114 valence electrons. The van der Waals surface area contributed by atoms with E-state index in [9.17, 15) is 8.42 Å². The number of sulfonamides is 1. The van der Waals surface area contributed by atoms with Crippen LogP contribution in [-0.4, -0.2) is 27.9 Å². The van der Waals surface area contributed by atoms with Gasteiger partial charge in [-0.3, -0.25) is 0 Å². The topological polar surface area (TPSA) is 78.6 Å². The number of ether oxygens (including phenoxy) is 2. The van der Waals surface area contributed by atoms with E-state index in [2.05, 4.69) is 0 Å². The van der Waals surface area contributed by atoms with Gasteiger partial charge in [-0.1, -0.05) is 18.9 Å². The fraction of sp³-hybridized carbons (Fsp3) is 0.571. The minimum absolute atomic E-state index is 0.0552. The van der Waals surface area contributed by atoms with E-state index in [1.165, 1.54) is 0 Å². The molecule has 1 rings (SSSR count). The first-order valence-electron chi connectivity index (χ1n) is 6.70. The van der Waals surface area contributed by atoms with Gasteiger partial charge < -0.3 is 9.47 Å². The number of nitrogens with two attached hydrogens (primary N) is 1. The van der Waals surface area contributed by atoms with Gasteiger partial charge >= 0.3 is 0 Å². The lowest BCUT2D eigenvalue weighted by atomic mass is 10.2. The Morgan fingerprint density at radius 2 is 1.80 bits per heavy atom. The van der Waals surface area contributed by atoms with Crippen LogP contribution in [0.15, 0.2) is 18.2 Å². The van der Waals surface area contributed by atoms with Crippen LogP contribution in [0, 0.1) is 6.92 Å². The number of benzene rings is 1. The second-order valence-corrected chi connectivity index (χ2v) is 6.52. The molecule has 0 saturated carbocycles. The average Bonchev–Trinajstić information content (AvgIpc) is 2.37. The molecule has 0 spiro atoms. The van der Waals surface area contributed by atoms with Crippen molar-refractivity contribution in [1.29, 1.82) is 0 Å². The third-order valence-corrected chi connectivity index (χ3v) is 3.76. The zero-order valence-corrected chi connectivity index (χ0v) is 12.9. The quantitative estimate of drug-likeness (QED) is 0.709. The Morgan fingerprint density at radius 1 is 1.10 bits per heavy atom. The lowest BCUT2D eigenvalue weighted by Crippen LogP contribution is -2.16. The fourth-order valence-electron chi connectivity index (χ4n) is 1.84. The predicted molar refractivity (Wildman–Crippen MR) is 79.7 cm³/mol. The highest BCUT2D eigenvalue weighted by atomic mass is 32.2. The normalized spacial score (nSPS) is 11.3. The molecule has 0 fully saturated rings. The van der Waals surface area contributed by atoms with Gasteiger partial charge in [0.05, 0.1) is 19.5 Å². The Morgan fingerprint density at radius 3 is 2.45 bits per heavy atom. The van der Waals surface area contributed by atoms with Crippen LogP contribution in [0.2, 0.25) is 0 Å². The van der Waals surface area contributed by atoms with Crippen LogP contribution >= 0.6 is 0 Å². The molecule has 0 aromatic heterocycles. The molecule has 0 heterocycles. The molecule has 1 aromatic rings. The number of methoxy groups -OCH3 is 1. The van der Waals surface area contributed by atoms with E-state index in [4.69, 9.17) is 14.6 Å². The molecule has 0 unspecified atom stereocenters. The first kappa shape index (κ1) is 16.8. The highest BCUT2D eigenvalue weighted by molar-refractivity contribution is 7.89. The Labute approximate surface area is 121 Å². The van der Waals surface area contributed by atoms with Crippen molar-refractivity contribution in [2.24, 2.45) is 5.14 Å². The number of hydrogen-bond donors (Lipinski definition) is 1. The van der Waals surface area contributed by atoms with Crippen molar-refractivity contribution in [3.05, 3.63) is 23.8 Å². The lowest BCUT2D eigenvalue weighted by molar-refractivity contribution is 0.285. The molecule has 0 saturated heterocycles. The van der Waals surface area contributed by atoms with Gasteiger partial charge in [-0.15, -0.1) is 0 Å². The summed E-state index contributed by atoms with van der Waals surface area (Å²) in [4.78, 5) is 0. The van der Waals surface area contributed by atoms with Crippen molar-refractivity contribution < 1.29 is 17.9 Å². The molecule has 0 radical (unpaired) electrons. The third kappa shape index (κ3) is 6.77. The van der Waals surface area contributed by atoms with Crippen LogP contribution in [0.4, 0.5) is 0 Å². The second-order valence-electron chi connectivity index (χ2n) is 4.78. The zero-order chi connectivity index (χ0) is 15.0. The third-order valence-electron chi connectivity index (χ3n) is 2.90. The number of hydrogen-bond acceptors (Lipinski definition) is 4. The smallest absolute Gasteiger partial charge is 0.209 e. The van der Waals surface area contributed by atoms with Crippen molar-refractivity contribution in [2.75, 3.05) is 19.5 Å². The molecule has 0 bridgehead atoms. The Bertz CT molecular complexity index is 514. The average molecular weight is 301 g/mol. The molecule has 0 aliphatic heterocycles. The van der Waals surface area contributed by atoms with E-state index < -0.39 is 10.0 Å². The molecule has 6 heteroatoms. The number of unbranched alkanes of at least 4 members (excludes halogenated alkanes) is 3. The molecule has 5 nitrogen and oxygen atoms in total. The summed E-state index contributed by atoms with van der Waals surface area (Å²) in [5, 5.41) is 4.93. The van der Waals surface area contributed by atoms with E-state index in [0.717, 1.165) is 36.3 Å². The number of primary sulfonamides is 1. The molecule has 20 heavy (non-hydrogen) atoms. The van der Waals surface area contributed by atoms with E-state index >= 15 is 0 Å². The van der Waals surface area contributed by atoms with E-state index in [1.54, 1.807) is 7.11 Å². The summed E-state index contributed by atoms with van der Waals surface area (Å²) >= 11 is 0. The Hall–Kier alpha value is -1.27. The van der Waals surface area contributed by atoms with Crippen molar-refractivity contribution in [3.63, 3.8) is 0 Å². The van der Waals surface area contributed by atoms with Crippen LogP contribution in [0.3, 0.4) is 0 Å². The fourth-order valence-corrected chi connectivity index (χ4v) is 2.44. The van der Waals surface area contributed by atoms with Gasteiger partial charge in [0.15, 0.2) is 11.5 Å². The van der Waals surface area contributed by atoms with Crippen LogP contribution in [0.5, 0.6) is 11.5 Å². The minimum Gasteiger partial charge on any atom is -0.493 e. The number of aryl methyl sites for hydroxylation is 1. The monoisotopic (exact) mass is 301 g/mol. The summed E-state index contributed by atoms with van der Waals surface area (Å²) in [6.45, 7) is 2.59. The largest absolute Gasteiger partial charge is 0.493 e.